The molecule has 0 heterocycles. The van der Waals surface area contributed by atoms with Crippen LogP contribution in [-0.2, 0) is 17.9 Å². The van der Waals surface area contributed by atoms with Crippen LogP contribution in [0.25, 0.3) is 0 Å². The summed E-state index contributed by atoms with van der Waals surface area (Å²) >= 11 is 0. The lowest BCUT2D eigenvalue weighted by Crippen LogP contribution is -2.28. The lowest BCUT2D eigenvalue weighted by Gasteiger charge is -2.23. The van der Waals surface area contributed by atoms with E-state index in [1.54, 1.807) is 0 Å². The van der Waals surface area contributed by atoms with Crippen LogP contribution in [0.1, 0.15) is 38.8 Å². The van der Waals surface area contributed by atoms with Crippen LogP contribution >= 0.6 is 0 Å². The summed E-state index contributed by atoms with van der Waals surface area (Å²) in [5, 5.41) is 57.7. The van der Waals surface area contributed by atoms with Crippen molar-refractivity contribution >= 4 is 17.8 Å². The number of aromatic hydroxyl groups is 4. The Morgan fingerprint density at radius 1 is 0.750 bits per heavy atom. The number of hydrogen-bond donors (Lipinski definition) is 6. The van der Waals surface area contributed by atoms with Gasteiger partial charge in [0.05, 0.1) is 0 Å². The van der Waals surface area contributed by atoms with Gasteiger partial charge in [-0.3, -0.25) is 4.79 Å². The minimum Gasteiger partial charge on any atom is -0.508 e. The van der Waals surface area contributed by atoms with E-state index in [0.717, 1.165) is 36.1 Å². The van der Waals surface area contributed by atoms with Crippen molar-refractivity contribution in [3.8, 4) is 23.0 Å². The van der Waals surface area contributed by atoms with E-state index < -0.39 is 52.0 Å². The van der Waals surface area contributed by atoms with Crippen LogP contribution in [0.15, 0.2) is 24.3 Å². The van der Waals surface area contributed by atoms with Crippen LogP contribution in [0.4, 0.5) is 0 Å². The summed E-state index contributed by atoms with van der Waals surface area (Å²) in [7, 11) is 0. The first kappa shape index (κ1) is 20.4. The van der Waals surface area contributed by atoms with Gasteiger partial charge in [0.2, 0.25) is 5.91 Å². The molecule has 0 saturated carbocycles. The Morgan fingerprint density at radius 2 is 1.11 bits per heavy atom. The van der Waals surface area contributed by atoms with Crippen molar-refractivity contribution in [3.63, 3.8) is 0 Å². The lowest BCUT2D eigenvalue weighted by atomic mass is 10.1. The van der Waals surface area contributed by atoms with Crippen LogP contribution in [0, 0.1) is 0 Å². The fourth-order valence-electron chi connectivity index (χ4n) is 2.61. The summed E-state index contributed by atoms with van der Waals surface area (Å²) in [5.41, 5.74) is -1.28. The molecule has 2 aromatic carbocycles. The molecule has 0 fully saturated rings. The number of carboxylic acid groups (broad SMARTS) is 2. The van der Waals surface area contributed by atoms with E-state index in [-0.39, 0.29) is 24.2 Å². The third-order valence-electron chi connectivity index (χ3n) is 3.98. The van der Waals surface area contributed by atoms with Gasteiger partial charge in [-0.05, 0) is 24.3 Å². The highest BCUT2D eigenvalue weighted by atomic mass is 16.4. The Balaban J connectivity index is 2.43. The van der Waals surface area contributed by atoms with Gasteiger partial charge in [0.15, 0.2) is 0 Å². The van der Waals surface area contributed by atoms with Crippen LogP contribution in [0.2, 0.25) is 0 Å². The van der Waals surface area contributed by atoms with Crippen molar-refractivity contribution in [3.05, 3.63) is 46.5 Å². The van der Waals surface area contributed by atoms with E-state index in [4.69, 9.17) is 10.2 Å². The topological polar surface area (TPSA) is 176 Å². The summed E-state index contributed by atoms with van der Waals surface area (Å²) < 4.78 is 0. The molecule has 0 spiro atoms. The highest BCUT2D eigenvalue weighted by Gasteiger charge is 2.22. The second-order valence-electron chi connectivity index (χ2n) is 5.99. The zero-order chi connectivity index (χ0) is 21.2. The number of benzene rings is 2. The highest BCUT2D eigenvalue weighted by molar-refractivity contribution is 5.92. The average molecular weight is 391 g/mol. The van der Waals surface area contributed by atoms with Crippen molar-refractivity contribution in [2.75, 3.05) is 0 Å². The van der Waals surface area contributed by atoms with E-state index in [1.807, 2.05) is 0 Å². The number of phenolic OH excluding ortho intramolecular Hbond substituents is 2. The molecule has 10 nitrogen and oxygen atoms in total. The number of carbonyl (C=O) groups is 3. The number of hydrogen-bond acceptors (Lipinski definition) is 7. The number of nitrogens with zero attached hydrogens (tertiary/aromatic N) is 1. The fraction of sp³-hybridized carbons (Fsp3) is 0.167. The smallest absolute Gasteiger partial charge is 0.339 e. The monoisotopic (exact) mass is 391 g/mol. The SMILES string of the molecule is CC(=O)N(Cc1cc(O)cc(C(=O)O)c1O)Cc1cc(O)cc(C(=O)O)c1O. The van der Waals surface area contributed by atoms with E-state index in [0.29, 0.717) is 0 Å². The number of carbonyl (C=O) groups excluding carboxylic acids is 1. The molecular formula is C18H17NO9. The molecule has 6 N–H and O–H groups in total. The average Bonchev–Trinajstić information content (AvgIpc) is 2.59. The Kier molecular flexibility index (Phi) is 5.63. The van der Waals surface area contributed by atoms with Crippen molar-refractivity contribution in [2.45, 2.75) is 20.0 Å². The normalized spacial score (nSPS) is 10.5. The second kappa shape index (κ2) is 7.74. The number of amides is 1. The highest BCUT2D eigenvalue weighted by Crippen LogP contribution is 2.32. The first-order chi connectivity index (χ1) is 13.0. The molecule has 10 heteroatoms. The molecule has 2 aromatic rings. The number of phenols is 4. The van der Waals surface area contributed by atoms with E-state index in [2.05, 4.69) is 0 Å². The quantitative estimate of drug-likeness (QED) is 0.398. The Hall–Kier alpha value is -3.95. The maximum absolute atomic E-state index is 12.0. The van der Waals surface area contributed by atoms with E-state index >= 15 is 0 Å². The largest absolute Gasteiger partial charge is 0.508 e. The van der Waals surface area contributed by atoms with Gasteiger partial charge in [0.25, 0.3) is 0 Å². The Bertz CT molecular complexity index is 897. The van der Waals surface area contributed by atoms with Gasteiger partial charge >= 0.3 is 11.9 Å². The van der Waals surface area contributed by atoms with Crippen LogP contribution in [0.3, 0.4) is 0 Å². The summed E-state index contributed by atoms with van der Waals surface area (Å²) in [6.07, 6.45) is 0. The molecule has 0 radical (unpaired) electrons. The van der Waals surface area contributed by atoms with Crippen molar-refractivity contribution in [1.82, 2.24) is 4.90 Å². The first-order valence-corrected chi connectivity index (χ1v) is 7.83. The standard InChI is InChI=1S/C18H17NO9/c1-8(20)19(6-9-2-11(21)4-13(15(9)23)17(25)26)7-10-3-12(22)5-14(16(10)24)18(27)28/h2-5,21-24H,6-7H2,1H3,(H,25,26)(H,27,28). The molecule has 1 amide bonds. The van der Waals surface area contributed by atoms with Crippen LogP contribution < -0.4 is 0 Å². The van der Waals surface area contributed by atoms with Gasteiger partial charge in [-0.25, -0.2) is 9.59 Å². The van der Waals surface area contributed by atoms with Crippen LogP contribution in [-0.4, -0.2) is 53.4 Å². The van der Waals surface area contributed by atoms with E-state index in [9.17, 15) is 34.8 Å². The second-order valence-corrected chi connectivity index (χ2v) is 5.99. The molecule has 0 unspecified atom stereocenters. The number of rotatable bonds is 6. The molecule has 2 rings (SSSR count). The van der Waals surface area contributed by atoms with Crippen LogP contribution in [0.5, 0.6) is 23.0 Å². The lowest BCUT2D eigenvalue weighted by molar-refractivity contribution is -0.130. The summed E-state index contributed by atoms with van der Waals surface area (Å²) in [6, 6.07) is 3.84. The van der Waals surface area contributed by atoms with Crippen molar-refractivity contribution in [2.24, 2.45) is 0 Å². The molecule has 0 aliphatic carbocycles. The van der Waals surface area contributed by atoms with Crippen molar-refractivity contribution in [1.29, 1.82) is 0 Å². The molecule has 148 valence electrons. The third kappa shape index (κ3) is 4.23. The Morgan fingerprint density at radius 3 is 1.39 bits per heavy atom. The number of aromatic carboxylic acids is 2. The zero-order valence-electron chi connectivity index (χ0n) is 14.6. The molecule has 0 aliphatic heterocycles. The fourth-order valence-corrected chi connectivity index (χ4v) is 2.61. The van der Waals surface area contributed by atoms with Gasteiger partial charge in [0.1, 0.15) is 34.1 Å². The summed E-state index contributed by atoms with van der Waals surface area (Å²) in [6.45, 7) is 0.455. The number of carboxylic acids is 2. The maximum atomic E-state index is 12.0. The predicted octanol–water partition coefficient (Wildman–Crippen LogP) is 1.45. The van der Waals surface area contributed by atoms with Gasteiger partial charge in [0, 0.05) is 31.1 Å². The zero-order valence-corrected chi connectivity index (χ0v) is 14.6. The molecule has 0 aliphatic rings. The minimum absolute atomic E-state index is 0.0781. The molecular weight excluding hydrogens is 374 g/mol. The van der Waals surface area contributed by atoms with Gasteiger partial charge in [-0.2, -0.15) is 0 Å². The van der Waals surface area contributed by atoms with Crippen molar-refractivity contribution < 1.29 is 45.0 Å². The third-order valence-corrected chi connectivity index (χ3v) is 3.98. The predicted molar refractivity (Wildman–Crippen MR) is 93.4 cm³/mol. The van der Waals surface area contributed by atoms with Gasteiger partial charge in [-0.1, -0.05) is 0 Å². The molecule has 0 bridgehead atoms. The minimum atomic E-state index is -1.49. The molecule has 28 heavy (non-hydrogen) atoms. The van der Waals surface area contributed by atoms with Gasteiger partial charge in [-0.15, -0.1) is 0 Å². The summed E-state index contributed by atoms with van der Waals surface area (Å²) in [4.78, 5) is 35.3. The summed E-state index contributed by atoms with van der Waals surface area (Å²) in [5.74, 6) is -5.71. The molecule has 0 aromatic heterocycles. The first-order valence-electron chi connectivity index (χ1n) is 7.83. The molecule has 0 atom stereocenters. The molecule has 0 saturated heterocycles. The maximum Gasteiger partial charge on any atom is 0.339 e. The van der Waals surface area contributed by atoms with E-state index in [1.165, 1.54) is 0 Å². The Labute approximate surface area is 158 Å². The van der Waals surface area contributed by atoms with Gasteiger partial charge < -0.3 is 35.5 Å².